The zero-order chi connectivity index (χ0) is 13.3. The lowest BCUT2D eigenvalue weighted by Crippen LogP contribution is -2.42. The second kappa shape index (κ2) is 8.98. The zero-order valence-electron chi connectivity index (χ0n) is 11.2. The van der Waals surface area contributed by atoms with E-state index in [1.54, 1.807) is 0 Å². The highest BCUT2D eigenvalue weighted by molar-refractivity contribution is 5.84. The zero-order valence-corrected chi connectivity index (χ0v) is 11.2. The van der Waals surface area contributed by atoms with Crippen LogP contribution in [0.15, 0.2) is 0 Å². The van der Waals surface area contributed by atoms with Gasteiger partial charge in [0.2, 0.25) is 5.91 Å². The van der Waals surface area contributed by atoms with E-state index in [-0.39, 0.29) is 11.9 Å². The van der Waals surface area contributed by atoms with Crippen molar-refractivity contribution in [2.75, 3.05) is 20.7 Å². The van der Waals surface area contributed by atoms with Crippen LogP contribution < -0.4 is 10.6 Å². The number of nitrogens with one attached hydrogen (secondary N) is 2. The number of carbonyl (C=O) groups is 2. The molecule has 0 saturated carbocycles. The summed E-state index contributed by atoms with van der Waals surface area (Å²) < 4.78 is 4.67. The van der Waals surface area contributed by atoms with Crippen molar-refractivity contribution in [2.24, 2.45) is 5.92 Å². The number of esters is 1. The fraction of sp³-hybridized carbons (Fsp3) is 0.833. The molecule has 0 heterocycles. The molecular weight excluding hydrogens is 220 g/mol. The van der Waals surface area contributed by atoms with E-state index in [4.69, 9.17) is 0 Å². The van der Waals surface area contributed by atoms with Gasteiger partial charge < -0.3 is 15.4 Å². The Morgan fingerprint density at radius 1 is 1.29 bits per heavy atom. The molecule has 0 aliphatic heterocycles. The summed E-state index contributed by atoms with van der Waals surface area (Å²) in [6.45, 7) is 4.80. The van der Waals surface area contributed by atoms with Crippen molar-refractivity contribution in [2.45, 2.75) is 39.2 Å². The Kier molecular flexibility index (Phi) is 8.40. The number of amides is 1. The molecule has 0 unspecified atom stereocenters. The van der Waals surface area contributed by atoms with Gasteiger partial charge in [0.25, 0.3) is 0 Å². The summed E-state index contributed by atoms with van der Waals surface area (Å²) in [5.74, 6) is -0.145. The van der Waals surface area contributed by atoms with Crippen molar-refractivity contribution in [1.82, 2.24) is 10.6 Å². The summed E-state index contributed by atoms with van der Waals surface area (Å²) in [4.78, 5) is 23.0. The highest BCUT2D eigenvalue weighted by atomic mass is 16.5. The van der Waals surface area contributed by atoms with Gasteiger partial charge in [0.15, 0.2) is 0 Å². The van der Waals surface area contributed by atoms with Crippen molar-refractivity contribution in [3.8, 4) is 0 Å². The maximum atomic E-state index is 11.6. The summed E-state index contributed by atoms with van der Waals surface area (Å²) in [5, 5.41) is 5.69. The Balaban J connectivity index is 4.13. The van der Waals surface area contributed by atoms with Gasteiger partial charge in [0.05, 0.1) is 7.11 Å². The van der Waals surface area contributed by atoms with E-state index in [2.05, 4.69) is 15.4 Å². The summed E-state index contributed by atoms with van der Waals surface area (Å²) >= 11 is 0. The van der Waals surface area contributed by atoms with Crippen LogP contribution in [0.3, 0.4) is 0 Å². The molecule has 100 valence electrons. The predicted octanol–water partition coefficient (Wildman–Crippen LogP) is 0.690. The molecule has 0 aliphatic carbocycles. The predicted molar refractivity (Wildman–Crippen MR) is 66.6 cm³/mol. The molecule has 1 amide bonds. The SMILES string of the molecule is CNCCCC(=O)N[C@@H](CC(C)C)C(=O)OC. The quantitative estimate of drug-likeness (QED) is 0.487. The van der Waals surface area contributed by atoms with Gasteiger partial charge >= 0.3 is 5.97 Å². The number of rotatable bonds is 8. The number of hydrogen-bond donors (Lipinski definition) is 2. The monoisotopic (exact) mass is 244 g/mol. The minimum atomic E-state index is -0.526. The minimum Gasteiger partial charge on any atom is -0.467 e. The van der Waals surface area contributed by atoms with E-state index in [0.717, 1.165) is 13.0 Å². The summed E-state index contributed by atoms with van der Waals surface area (Å²) in [5.41, 5.74) is 0. The van der Waals surface area contributed by atoms with Crippen molar-refractivity contribution >= 4 is 11.9 Å². The van der Waals surface area contributed by atoms with E-state index < -0.39 is 6.04 Å². The Labute approximate surface area is 103 Å². The Bertz CT molecular complexity index is 242. The first-order chi connectivity index (χ1) is 8.01. The maximum absolute atomic E-state index is 11.6. The summed E-state index contributed by atoms with van der Waals surface area (Å²) in [7, 11) is 3.18. The Hall–Kier alpha value is -1.10. The van der Waals surface area contributed by atoms with E-state index >= 15 is 0 Å². The van der Waals surface area contributed by atoms with Crippen LogP contribution in [0.5, 0.6) is 0 Å². The third kappa shape index (κ3) is 7.74. The fourth-order valence-corrected chi connectivity index (χ4v) is 1.52. The minimum absolute atomic E-state index is 0.101. The molecule has 0 aromatic heterocycles. The van der Waals surface area contributed by atoms with Crippen LogP contribution in [0.25, 0.3) is 0 Å². The highest BCUT2D eigenvalue weighted by Crippen LogP contribution is 2.06. The van der Waals surface area contributed by atoms with Crippen LogP contribution >= 0.6 is 0 Å². The average Bonchev–Trinajstić information content (AvgIpc) is 2.27. The Morgan fingerprint density at radius 2 is 1.94 bits per heavy atom. The van der Waals surface area contributed by atoms with Gasteiger partial charge in [-0.25, -0.2) is 4.79 Å². The second-order valence-corrected chi connectivity index (χ2v) is 4.48. The smallest absolute Gasteiger partial charge is 0.328 e. The van der Waals surface area contributed by atoms with Gasteiger partial charge in [-0.1, -0.05) is 13.8 Å². The third-order valence-corrected chi connectivity index (χ3v) is 2.36. The summed E-state index contributed by atoms with van der Waals surface area (Å²) in [6, 6.07) is -0.526. The van der Waals surface area contributed by atoms with Crippen molar-refractivity contribution in [3.63, 3.8) is 0 Å². The molecule has 0 saturated heterocycles. The molecule has 0 spiro atoms. The van der Waals surface area contributed by atoms with Crippen LogP contribution in [0.2, 0.25) is 0 Å². The molecule has 0 fully saturated rings. The van der Waals surface area contributed by atoms with E-state index in [0.29, 0.717) is 18.8 Å². The first-order valence-electron chi connectivity index (χ1n) is 6.03. The van der Waals surface area contributed by atoms with Gasteiger partial charge in [0, 0.05) is 6.42 Å². The lowest BCUT2D eigenvalue weighted by Gasteiger charge is -2.18. The standard InChI is InChI=1S/C12H24N2O3/c1-9(2)8-10(12(16)17-4)14-11(15)6-5-7-13-3/h9-10,13H,5-8H2,1-4H3,(H,14,15)/t10-/m0/s1. The van der Waals surface area contributed by atoms with Gasteiger partial charge in [-0.05, 0) is 32.4 Å². The van der Waals surface area contributed by atoms with Crippen molar-refractivity contribution < 1.29 is 14.3 Å². The largest absolute Gasteiger partial charge is 0.467 e. The van der Waals surface area contributed by atoms with Crippen LogP contribution in [-0.2, 0) is 14.3 Å². The van der Waals surface area contributed by atoms with Gasteiger partial charge in [-0.2, -0.15) is 0 Å². The highest BCUT2D eigenvalue weighted by Gasteiger charge is 2.22. The first-order valence-corrected chi connectivity index (χ1v) is 6.03. The first kappa shape index (κ1) is 15.9. The van der Waals surface area contributed by atoms with Gasteiger partial charge in [-0.15, -0.1) is 0 Å². The van der Waals surface area contributed by atoms with Gasteiger partial charge in [0.1, 0.15) is 6.04 Å². The molecule has 0 rings (SSSR count). The molecule has 5 nitrogen and oxygen atoms in total. The van der Waals surface area contributed by atoms with Crippen molar-refractivity contribution in [3.05, 3.63) is 0 Å². The lowest BCUT2D eigenvalue weighted by molar-refractivity contribution is -0.145. The molecule has 5 heteroatoms. The van der Waals surface area contributed by atoms with E-state index in [9.17, 15) is 9.59 Å². The number of hydrogen-bond acceptors (Lipinski definition) is 4. The molecular formula is C12H24N2O3. The molecule has 0 bridgehead atoms. The second-order valence-electron chi connectivity index (χ2n) is 4.48. The van der Waals surface area contributed by atoms with Crippen LogP contribution in [0.1, 0.15) is 33.1 Å². The van der Waals surface area contributed by atoms with Crippen LogP contribution in [0.4, 0.5) is 0 Å². The normalized spacial score (nSPS) is 12.3. The maximum Gasteiger partial charge on any atom is 0.328 e. The number of methoxy groups -OCH3 is 1. The molecule has 2 N–H and O–H groups in total. The van der Waals surface area contributed by atoms with E-state index in [1.165, 1.54) is 7.11 Å². The fourth-order valence-electron chi connectivity index (χ4n) is 1.52. The molecule has 0 radical (unpaired) electrons. The van der Waals surface area contributed by atoms with Gasteiger partial charge in [-0.3, -0.25) is 4.79 Å². The van der Waals surface area contributed by atoms with Crippen LogP contribution in [0, 0.1) is 5.92 Å². The molecule has 0 aliphatic rings. The molecule has 17 heavy (non-hydrogen) atoms. The molecule has 0 aromatic carbocycles. The topological polar surface area (TPSA) is 67.4 Å². The Morgan fingerprint density at radius 3 is 2.41 bits per heavy atom. The number of carbonyl (C=O) groups excluding carboxylic acids is 2. The third-order valence-electron chi connectivity index (χ3n) is 2.36. The molecule has 0 aromatic rings. The molecule has 1 atom stereocenters. The van der Waals surface area contributed by atoms with Crippen LogP contribution in [-0.4, -0.2) is 38.6 Å². The average molecular weight is 244 g/mol. The van der Waals surface area contributed by atoms with E-state index in [1.807, 2.05) is 20.9 Å². The van der Waals surface area contributed by atoms with Crippen molar-refractivity contribution in [1.29, 1.82) is 0 Å². The summed E-state index contributed by atoms with van der Waals surface area (Å²) in [6.07, 6.45) is 1.79. The number of ether oxygens (including phenoxy) is 1. The lowest BCUT2D eigenvalue weighted by atomic mass is 10.0.